The van der Waals surface area contributed by atoms with Crippen LogP contribution in [0, 0.1) is 0 Å². The summed E-state index contributed by atoms with van der Waals surface area (Å²) in [5.74, 6) is -0.686. The van der Waals surface area contributed by atoms with Crippen molar-refractivity contribution in [1.82, 2.24) is 4.90 Å². The Morgan fingerprint density at radius 1 is 1.03 bits per heavy atom. The van der Waals surface area contributed by atoms with E-state index in [9.17, 15) is 14.4 Å². The molecule has 0 saturated heterocycles. The predicted octanol–water partition coefficient (Wildman–Crippen LogP) is 2.94. The average Bonchev–Trinajstić information content (AvgIpc) is 2.73. The Morgan fingerprint density at radius 3 is 2.37 bits per heavy atom. The zero-order chi connectivity index (χ0) is 21.9. The molecule has 2 aromatic carbocycles. The molecule has 160 valence electrons. The van der Waals surface area contributed by atoms with Crippen LogP contribution in [0.3, 0.4) is 0 Å². The summed E-state index contributed by atoms with van der Waals surface area (Å²) in [7, 11) is 0. The second-order valence-corrected chi connectivity index (χ2v) is 7.82. The maximum Gasteiger partial charge on any atom is 0.241 e. The average molecular weight is 429 g/mol. The monoisotopic (exact) mass is 428 g/mol. The van der Waals surface area contributed by atoms with E-state index in [1.54, 1.807) is 13.0 Å². The van der Waals surface area contributed by atoms with Crippen molar-refractivity contribution < 1.29 is 14.4 Å². The number of nitrogens with zero attached hydrogens (tertiary/aromatic N) is 1. The molecule has 0 aliphatic rings. The van der Waals surface area contributed by atoms with Crippen LogP contribution in [0.4, 0.5) is 11.4 Å². The molecule has 0 heterocycles. The van der Waals surface area contributed by atoms with Gasteiger partial charge in [0.1, 0.15) is 0 Å². The molecule has 1 atom stereocenters. The highest BCUT2D eigenvalue weighted by atomic mass is 32.2. The Balaban J connectivity index is 2.01. The van der Waals surface area contributed by atoms with E-state index in [1.165, 1.54) is 11.8 Å². The largest absolute Gasteiger partial charge is 0.369 e. The number of amides is 3. The van der Waals surface area contributed by atoms with Crippen molar-refractivity contribution >= 4 is 40.9 Å². The van der Waals surface area contributed by atoms with Crippen LogP contribution in [0.2, 0.25) is 0 Å². The number of nitrogens with one attached hydrogen (secondary N) is 2. The maximum atomic E-state index is 12.7. The lowest BCUT2D eigenvalue weighted by Crippen LogP contribution is -2.46. The fourth-order valence-electron chi connectivity index (χ4n) is 2.85. The molecule has 3 amide bonds. The van der Waals surface area contributed by atoms with Crippen molar-refractivity contribution in [2.45, 2.75) is 31.2 Å². The molecule has 0 fully saturated rings. The van der Waals surface area contributed by atoms with E-state index in [0.29, 0.717) is 12.2 Å². The van der Waals surface area contributed by atoms with Gasteiger partial charge >= 0.3 is 0 Å². The summed E-state index contributed by atoms with van der Waals surface area (Å²) in [6.07, 6.45) is 0.807. The molecule has 0 bridgehead atoms. The van der Waals surface area contributed by atoms with Crippen LogP contribution in [-0.4, -0.2) is 47.5 Å². The van der Waals surface area contributed by atoms with Crippen LogP contribution in [0.15, 0.2) is 59.5 Å². The van der Waals surface area contributed by atoms with Gasteiger partial charge in [0.15, 0.2) is 0 Å². The third kappa shape index (κ3) is 7.53. The Labute approximate surface area is 181 Å². The summed E-state index contributed by atoms with van der Waals surface area (Å²) in [6.45, 7) is 4.47. The lowest BCUT2D eigenvalue weighted by atomic mass is 10.2. The number of rotatable bonds is 11. The Hall–Kier alpha value is -2.84. The van der Waals surface area contributed by atoms with Gasteiger partial charge in [0.25, 0.3) is 0 Å². The normalized spacial score (nSPS) is 11.7. The molecule has 1 unspecified atom stereocenters. The number of benzene rings is 2. The van der Waals surface area contributed by atoms with Gasteiger partial charge in [-0.1, -0.05) is 37.3 Å². The van der Waals surface area contributed by atoms with Gasteiger partial charge in [0.2, 0.25) is 17.7 Å². The molecule has 0 aliphatic heterocycles. The fraction of sp³-hybridized carbons (Fsp3) is 0.318. The van der Waals surface area contributed by atoms with E-state index in [1.807, 2.05) is 60.4 Å². The lowest BCUT2D eigenvalue weighted by Gasteiger charge is -2.27. The van der Waals surface area contributed by atoms with Crippen LogP contribution >= 0.6 is 11.8 Å². The number of primary amides is 1. The zero-order valence-electron chi connectivity index (χ0n) is 17.3. The minimum atomic E-state index is -0.476. The van der Waals surface area contributed by atoms with Crippen LogP contribution in [-0.2, 0) is 14.4 Å². The summed E-state index contributed by atoms with van der Waals surface area (Å²) >= 11 is 1.27. The van der Waals surface area contributed by atoms with E-state index in [-0.39, 0.29) is 24.1 Å². The first-order chi connectivity index (χ1) is 14.4. The van der Waals surface area contributed by atoms with Crippen molar-refractivity contribution in [1.29, 1.82) is 0 Å². The van der Waals surface area contributed by atoms with Crippen LogP contribution in [0.5, 0.6) is 0 Å². The number of carbonyl (C=O) groups is 3. The van der Waals surface area contributed by atoms with Gasteiger partial charge in [-0.25, -0.2) is 0 Å². The van der Waals surface area contributed by atoms with E-state index >= 15 is 0 Å². The second kappa shape index (κ2) is 12.0. The number of para-hydroxylation sites is 2. The molecule has 7 nitrogen and oxygen atoms in total. The first-order valence-electron chi connectivity index (χ1n) is 9.80. The van der Waals surface area contributed by atoms with E-state index in [4.69, 9.17) is 5.73 Å². The summed E-state index contributed by atoms with van der Waals surface area (Å²) in [5.41, 5.74) is 6.55. The third-order valence-corrected chi connectivity index (χ3v) is 5.45. The summed E-state index contributed by atoms with van der Waals surface area (Å²) in [4.78, 5) is 39.0. The molecule has 30 heavy (non-hydrogen) atoms. The minimum absolute atomic E-state index is 0.0754. The Kier molecular flexibility index (Phi) is 9.37. The van der Waals surface area contributed by atoms with E-state index in [0.717, 1.165) is 17.0 Å². The van der Waals surface area contributed by atoms with Crippen molar-refractivity contribution in [2.75, 3.05) is 29.5 Å². The summed E-state index contributed by atoms with van der Waals surface area (Å²) in [6, 6.07) is 16.0. The highest BCUT2D eigenvalue weighted by Gasteiger charge is 2.23. The highest BCUT2D eigenvalue weighted by molar-refractivity contribution is 8.00. The minimum Gasteiger partial charge on any atom is -0.369 e. The Bertz CT molecular complexity index is 860. The zero-order valence-corrected chi connectivity index (χ0v) is 18.1. The number of anilines is 2. The van der Waals surface area contributed by atoms with Gasteiger partial charge in [-0.2, -0.15) is 0 Å². The van der Waals surface area contributed by atoms with Crippen LogP contribution in [0.25, 0.3) is 0 Å². The molecule has 0 radical (unpaired) electrons. The molecule has 0 aliphatic carbocycles. The number of carbonyl (C=O) groups excluding carboxylic acids is 3. The second-order valence-electron chi connectivity index (χ2n) is 6.80. The Morgan fingerprint density at radius 2 is 1.70 bits per heavy atom. The van der Waals surface area contributed by atoms with Crippen molar-refractivity contribution in [3.63, 3.8) is 0 Å². The summed E-state index contributed by atoms with van der Waals surface area (Å²) < 4.78 is 0. The topological polar surface area (TPSA) is 105 Å². The van der Waals surface area contributed by atoms with Crippen molar-refractivity contribution in [3.05, 3.63) is 54.6 Å². The van der Waals surface area contributed by atoms with Crippen LogP contribution in [0.1, 0.15) is 20.3 Å². The molecule has 0 spiro atoms. The van der Waals surface area contributed by atoms with Gasteiger partial charge < -0.3 is 16.4 Å². The fourth-order valence-corrected chi connectivity index (χ4v) is 3.60. The van der Waals surface area contributed by atoms with E-state index < -0.39 is 11.9 Å². The van der Waals surface area contributed by atoms with E-state index in [2.05, 4.69) is 10.6 Å². The quantitative estimate of drug-likeness (QED) is 0.477. The molecule has 4 N–H and O–H groups in total. The molecule has 2 rings (SSSR count). The molecule has 0 saturated carbocycles. The van der Waals surface area contributed by atoms with Gasteiger partial charge in [0.05, 0.1) is 24.0 Å². The smallest absolute Gasteiger partial charge is 0.241 e. The third-order valence-electron chi connectivity index (χ3n) is 4.36. The van der Waals surface area contributed by atoms with Crippen LogP contribution < -0.4 is 16.4 Å². The highest BCUT2D eigenvalue weighted by Crippen LogP contribution is 2.26. The van der Waals surface area contributed by atoms with Gasteiger partial charge in [-0.15, -0.1) is 11.8 Å². The molecule has 2 aromatic rings. The number of nitrogens with two attached hydrogens (primary N) is 1. The molecule has 0 aromatic heterocycles. The number of thioether (sulfide) groups is 1. The predicted molar refractivity (Wildman–Crippen MR) is 121 cm³/mol. The SMILES string of the molecule is CCCN(CC(=O)Nc1ccccc1SCC(N)=O)C(C)C(=O)Nc1ccccc1. The van der Waals surface area contributed by atoms with Gasteiger partial charge in [-0.3, -0.25) is 19.3 Å². The molecular formula is C22H28N4O3S. The maximum absolute atomic E-state index is 12.7. The number of hydrogen-bond donors (Lipinski definition) is 3. The lowest BCUT2D eigenvalue weighted by molar-refractivity contribution is -0.123. The molecular weight excluding hydrogens is 400 g/mol. The standard InChI is InChI=1S/C22H28N4O3S/c1-3-13-26(16(2)22(29)24-17-9-5-4-6-10-17)14-21(28)25-18-11-7-8-12-19(18)30-15-20(23)27/h4-12,16H,3,13-15H2,1-2H3,(H2,23,27)(H,24,29)(H,25,28). The molecule has 8 heteroatoms. The summed E-state index contributed by atoms with van der Waals surface area (Å²) in [5, 5.41) is 5.76. The van der Waals surface area contributed by atoms with Gasteiger partial charge in [-0.05, 0) is 44.2 Å². The van der Waals surface area contributed by atoms with Gasteiger partial charge in [0, 0.05) is 10.6 Å². The first kappa shape index (κ1) is 23.4. The van der Waals surface area contributed by atoms with Crippen molar-refractivity contribution in [3.8, 4) is 0 Å². The first-order valence-corrected chi connectivity index (χ1v) is 10.8. The van der Waals surface area contributed by atoms with Crippen molar-refractivity contribution in [2.24, 2.45) is 5.73 Å². The number of hydrogen-bond acceptors (Lipinski definition) is 5.